The number of benzene rings is 2. The molecule has 5 rings (SSSR count). The molecule has 40 heavy (non-hydrogen) atoms. The van der Waals surface area contributed by atoms with E-state index in [1.54, 1.807) is 4.90 Å². The van der Waals surface area contributed by atoms with E-state index in [-0.39, 0.29) is 24.3 Å². The number of aliphatic hydroxyl groups excluding tert-OH is 1. The van der Waals surface area contributed by atoms with E-state index < -0.39 is 35.1 Å². The van der Waals surface area contributed by atoms with Crippen LogP contribution in [0.1, 0.15) is 57.1 Å². The Labute approximate surface area is 236 Å². The Morgan fingerprint density at radius 2 is 1.68 bits per heavy atom. The van der Waals surface area contributed by atoms with Crippen molar-refractivity contribution >= 4 is 17.7 Å². The molecule has 3 aliphatic rings. The summed E-state index contributed by atoms with van der Waals surface area (Å²) in [4.78, 5) is 43.5. The number of unbranched alkanes of at least 4 members (excludes halogenated alkanes) is 2. The number of fused-ring (bicyclic) bond motifs is 1. The second-order valence-corrected chi connectivity index (χ2v) is 11.7. The number of amides is 3. The number of hydrogen-bond acceptors (Lipinski definition) is 5. The smallest absolute Gasteiger partial charge is 0.245 e. The van der Waals surface area contributed by atoms with Crippen molar-refractivity contribution in [2.45, 2.75) is 82.2 Å². The van der Waals surface area contributed by atoms with Crippen molar-refractivity contribution in [3.63, 3.8) is 0 Å². The van der Waals surface area contributed by atoms with E-state index >= 15 is 0 Å². The molecule has 0 aliphatic carbocycles. The molecule has 0 aromatic heterocycles. The number of aliphatic hydroxyl groups is 1. The SMILES string of the molecule is CCCCCNC(=O)C1N([C@@H](CO)Cc2ccccc2)C(=O)[C@@H]2[C@H](C(=O)NCc3ccccc3)[C@]3(C)CCC12O3. The van der Waals surface area contributed by atoms with E-state index in [0.717, 1.165) is 30.4 Å². The molecular formula is C32H41N3O5. The number of ether oxygens (including phenoxy) is 1. The minimum atomic E-state index is -1.11. The first kappa shape index (κ1) is 28.3. The van der Waals surface area contributed by atoms with Gasteiger partial charge in [-0.25, -0.2) is 0 Å². The largest absolute Gasteiger partial charge is 0.394 e. The van der Waals surface area contributed by atoms with Gasteiger partial charge in [0.15, 0.2) is 0 Å². The molecule has 6 atom stereocenters. The Hall–Kier alpha value is -3.23. The van der Waals surface area contributed by atoms with E-state index in [1.165, 1.54) is 0 Å². The van der Waals surface area contributed by atoms with Crippen LogP contribution in [0.2, 0.25) is 0 Å². The lowest BCUT2D eigenvalue weighted by Gasteiger charge is -2.37. The highest BCUT2D eigenvalue weighted by atomic mass is 16.5. The molecule has 3 fully saturated rings. The van der Waals surface area contributed by atoms with Gasteiger partial charge in [0.1, 0.15) is 11.6 Å². The lowest BCUT2D eigenvalue weighted by molar-refractivity contribution is -0.149. The summed E-state index contributed by atoms with van der Waals surface area (Å²) in [7, 11) is 0. The third-order valence-electron chi connectivity index (χ3n) is 9.05. The molecule has 3 aliphatic heterocycles. The zero-order valence-corrected chi connectivity index (χ0v) is 23.5. The highest BCUT2D eigenvalue weighted by molar-refractivity contribution is 5.99. The first-order valence-corrected chi connectivity index (χ1v) is 14.6. The molecule has 8 nitrogen and oxygen atoms in total. The number of likely N-dealkylation sites (tertiary alicyclic amines) is 1. The van der Waals surface area contributed by atoms with E-state index in [0.29, 0.717) is 32.4 Å². The van der Waals surface area contributed by atoms with Crippen molar-refractivity contribution < 1.29 is 24.2 Å². The van der Waals surface area contributed by atoms with E-state index in [4.69, 9.17) is 4.74 Å². The van der Waals surface area contributed by atoms with Gasteiger partial charge in [-0.05, 0) is 43.7 Å². The van der Waals surface area contributed by atoms with Crippen molar-refractivity contribution in [3.8, 4) is 0 Å². The summed E-state index contributed by atoms with van der Waals surface area (Å²) in [5.41, 5.74) is -0.0335. The lowest BCUT2D eigenvalue weighted by Crippen LogP contribution is -2.58. The summed E-state index contributed by atoms with van der Waals surface area (Å²) >= 11 is 0. The summed E-state index contributed by atoms with van der Waals surface area (Å²) < 4.78 is 6.70. The van der Waals surface area contributed by atoms with Crippen LogP contribution >= 0.6 is 0 Å². The maximum absolute atomic E-state index is 14.4. The molecule has 3 N–H and O–H groups in total. The number of carbonyl (C=O) groups is 3. The van der Waals surface area contributed by atoms with E-state index in [9.17, 15) is 19.5 Å². The predicted molar refractivity (Wildman–Crippen MR) is 151 cm³/mol. The second-order valence-electron chi connectivity index (χ2n) is 11.7. The standard InChI is InChI=1S/C32H41N3O5/c1-3-4-11-18-33-29(38)27-32-17-16-31(2,40-32)25(28(37)34-20-23-14-9-6-10-15-23)26(32)30(39)35(27)24(21-36)19-22-12-7-5-8-13-22/h5-10,12-15,24-27,36H,3-4,11,16-21H2,1-2H3,(H,33,38)(H,34,37)/t24-,25-,26+,27?,31+,32?/m1/s1. The summed E-state index contributed by atoms with van der Waals surface area (Å²) in [6.07, 6.45) is 4.35. The van der Waals surface area contributed by atoms with Gasteiger partial charge in [-0.3, -0.25) is 14.4 Å². The molecule has 2 unspecified atom stereocenters. The topological polar surface area (TPSA) is 108 Å². The second kappa shape index (κ2) is 11.7. The minimum absolute atomic E-state index is 0.237. The Kier molecular flexibility index (Phi) is 8.29. The first-order chi connectivity index (χ1) is 19.3. The fraction of sp³-hybridized carbons (Fsp3) is 0.531. The van der Waals surface area contributed by atoms with Crippen LogP contribution in [0.5, 0.6) is 0 Å². The van der Waals surface area contributed by atoms with Gasteiger partial charge in [0, 0.05) is 13.1 Å². The highest BCUT2D eigenvalue weighted by Gasteiger charge is 2.78. The van der Waals surface area contributed by atoms with Crippen LogP contribution in [0, 0.1) is 11.8 Å². The molecule has 3 amide bonds. The molecule has 2 bridgehead atoms. The fourth-order valence-electron chi connectivity index (χ4n) is 7.17. The summed E-state index contributed by atoms with van der Waals surface area (Å²) in [5, 5.41) is 16.6. The van der Waals surface area contributed by atoms with Gasteiger partial charge in [0.05, 0.1) is 30.1 Å². The highest BCUT2D eigenvalue weighted by Crippen LogP contribution is 2.63. The minimum Gasteiger partial charge on any atom is -0.394 e. The zero-order valence-electron chi connectivity index (χ0n) is 23.5. The molecule has 214 valence electrons. The molecule has 2 aromatic rings. The van der Waals surface area contributed by atoms with Crippen LogP contribution < -0.4 is 10.6 Å². The Morgan fingerprint density at radius 1 is 1.00 bits per heavy atom. The summed E-state index contributed by atoms with van der Waals surface area (Å²) in [6, 6.07) is 17.8. The number of carbonyl (C=O) groups excluding carboxylic acids is 3. The Bertz CT molecular complexity index is 1210. The summed E-state index contributed by atoms with van der Waals surface area (Å²) in [6.45, 7) is 4.55. The van der Waals surface area contributed by atoms with Gasteiger partial charge >= 0.3 is 0 Å². The third kappa shape index (κ3) is 5.03. The molecule has 3 heterocycles. The van der Waals surface area contributed by atoms with Gasteiger partial charge in [-0.15, -0.1) is 0 Å². The number of rotatable bonds is 12. The van der Waals surface area contributed by atoms with Crippen LogP contribution in [0.25, 0.3) is 0 Å². The molecule has 2 aromatic carbocycles. The van der Waals surface area contributed by atoms with E-state index in [2.05, 4.69) is 17.6 Å². The fourth-order valence-corrected chi connectivity index (χ4v) is 7.17. The van der Waals surface area contributed by atoms with Crippen LogP contribution in [0.4, 0.5) is 0 Å². The number of hydrogen-bond donors (Lipinski definition) is 3. The predicted octanol–water partition coefficient (Wildman–Crippen LogP) is 2.98. The van der Waals surface area contributed by atoms with Crippen molar-refractivity contribution in [2.75, 3.05) is 13.2 Å². The van der Waals surface area contributed by atoms with Crippen molar-refractivity contribution in [3.05, 3.63) is 71.8 Å². The summed E-state index contributed by atoms with van der Waals surface area (Å²) in [5.74, 6) is -2.31. The van der Waals surface area contributed by atoms with Crippen molar-refractivity contribution in [1.29, 1.82) is 0 Å². The monoisotopic (exact) mass is 547 g/mol. The maximum Gasteiger partial charge on any atom is 0.245 e. The average Bonchev–Trinajstić information content (AvgIpc) is 3.54. The first-order valence-electron chi connectivity index (χ1n) is 14.6. The molecule has 3 saturated heterocycles. The molecular weight excluding hydrogens is 506 g/mol. The van der Waals surface area contributed by atoms with Crippen LogP contribution in [0.3, 0.4) is 0 Å². The Balaban J connectivity index is 1.46. The van der Waals surface area contributed by atoms with Crippen LogP contribution in [0.15, 0.2) is 60.7 Å². The van der Waals surface area contributed by atoms with Gasteiger partial charge < -0.3 is 25.4 Å². The van der Waals surface area contributed by atoms with E-state index in [1.807, 2.05) is 67.6 Å². The van der Waals surface area contributed by atoms with Crippen LogP contribution in [-0.2, 0) is 32.1 Å². The molecule has 8 heteroatoms. The third-order valence-corrected chi connectivity index (χ3v) is 9.05. The van der Waals surface area contributed by atoms with Crippen molar-refractivity contribution in [2.24, 2.45) is 11.8 Å². The molecule has 0 radical (unpaired) electrons. The molecule has 1 spiro atoms. The Morgan fingerprint density at radius 3 is 2.33 bits per heavy atom. The average molecular weight is 548 g/mol. The quantitative estimate of drug-likeness (QED) is 0.354. The van der Waals surface area contributed by atoms with Gasteiger partial charge in [-0.2, -0.15) is 0 Å². The lowest BCUT2D eigenvalue weighted by atomic mass is 9.66. The maximum atomic E-state index is 14.4. The normalized spacial score (nSPS) is 29.3. The molecule has 0 saturated carbocycles. The number of nitrogens with one attached hydrogen (secondary N) is 2. The van der Waals surface area contributed by atoms with Gasteiger partial charge in [-0.1, -0.05) is 80.4 Å². The van der Waals surface area contributed by atoms with Gasteiger partial charge in [0.2, 0.25) is 17.7 Å². The van der Waals surface area contributed by atoms with Crippen LogP contribution in [-0.4, -0.2) is 64.2 Å². The number of nitrogens with zero attached hydrogens (tertiary/aromatic N) is 1. The van der Waals surface area contributed by atoms with Gasteiger partial charge in [0.25, 0.3) is 0 Å². The zero-order chi connectivity index (χ0) is 28.3. The van der Waals surface area contributed by atoms with Crippen molar-refractivity contribution in [1.82, 2.24) is 15.5 Å².